The first-order valence-electron chi connectivity index (χ1n) is 6.73. The standard InChI is InChI=1S/C14H18Cl4O3S2/c1-8(2)5-4-6-14(3,18)12(16)11(23(19,20)21)9-7-10(15)22-13(9)17/h5,7,11-12H,4,6H2,1-3H3,(H,19,20,21)/t11-,12-,14+/m1/s1. The molecule has 3 atom stereocenters. The second-order valence-corrected chi connectivity index (χ2v) is 10.9. The number of hydrogen-bond acceptors (Lipinski definition) is 3. The van der Waals surface area contributed by atoms with E-state index in [9.17, 15) is 13.0 Å². The summed E-state index contributed by atoms with van der Waals surface area (Å²) in [4.78, 5) is -1.06. The molecule has 1 heterocycles. The monoisotopic (exact) mass is 438 g/mol. The van der Waals surface area contributed by atoms with Crippen LogP contribution < -0.4 is 0 Å². The van der Waals surface area contributed by atoms with Gasteiger partial charge in [-0.05, 0) is 39.7 Å². The van der Waals surface area contributed by atoms with Crippen molar-refractivity contribution in [2.45, 2.75) is 49.1 Å². The lowest BCUT2D eigenvalue weighted by atomic mass is 9.95. The topological polar surface area (TPSA) is 54.4 Å². The maximum atomic E-state index is 11.9. The van der Waals surface area contributed by atoms with Crippen molar-refractivity contribution in [3.05, 3.63) is 32.0 Å². The van der Waals surface area contributed by atoms with Gasteiger partial charge in [0, 0.05) is 5.56 Å². The van der Waals surface area contributed by atoms with Crippen LogP contribution in [-0.2, 0) is 10.1 Å². The summed E-state index contributed by atoms with van der Waals surface area (Å²) in [6, 6.07) is 1.39. The molecule has 0 aliphatic rings. The molecule has 23 heavy (non-hydrogen) atoms. The Hall–Kier alpha value is 0.510. The normalized spacial score (nSPS) is 17.4. The number of alkyl halides is 2. The van der Waals surface area contributed by atoms with E-state index in [1.165, 1.54) is 6.07 Å². The van der Waals surface area contributed by atoms with Gasteiger partial charge >= 0.3 is 0 Å². The van der Waals surface area contributed by atoms with Crippen molar-refractivity contribution in [1.29, 1.82) is 0 Å². The highest BCUT2D eigenvalue weighted by atomic mass is 35.5. The Balaban J connectivity index is 3.17. The first kappa shape index (κ1) is 21.6. The van der Waals surface area contributed by atoms with Crippen molar-refractivity contribution >= 4 is 67.9 Å². The molecule has 1 aromatic rings. The zero-order chi connectivity index (χ0) is 18.0. The van der Waals surface area contributed by atoms with E-state index in [0.29, 0.717) is 17.2 Å². The third-order valence-electron chi connectivity index (χ3n) is 3.34. The van der Waals surface area contributed by atoms with E-state index >= 15 is 0 Å². The van der Waals surface area contributed by atoms with Gasteiger partial charge in [-0.15, -0.1) is 34.5 Å². The third kappa shape index (κ3) is 6.07. The number of allylic oxidation sites excluding steroid dienone is 2. The molecular formula is C14H18Cl4O3S2. The molecule has 1 rings (SSSR count). The number of thiophene rings is 1. The highest BCUT2D eigenvalue weighted by molar-refractivity contribution is 7.86. The minimum Gasteiger partial charge on any atom is -0.285 e. The fourth-order valence-electron chi connectivity index (χ4n) is 2.11. The van der Waals surface area contributed by atoms with Crippen molar-refractivity contribution in [2.75, 3.05) is 0 Å². The van der Waals surface area contributed by atoms with Crippen molar-refractivity contribution in [2.24, 2.45) is 0 Å². The predicted molar refractivity (Wildman–Crippen MR) is 101 cm³/mol. The van der Waals surface area contributed by atoms with Crippen LogP contribution in [0.15, 0.2) is 17.7 Å². The van der Waals surface area contributed by atoms with Crippen LogP contribution in [0.1, 0.15) is 44.4 Å². The third-order valence-corrected chi connectivity index (χ3v) is 7.44. The minimum atomic E-state index is -4.52. The van der Waals surface area contributed by atoms with Gasteiger partial charge in [0.2, 0.25) is 0 Å². The van der Waals surface area contributed by atoms with Gasteiger partial charge in [-0.25, -0.2) is 0 Å². The Morgan fingerprint density at radius 3 is 2.39 bits per heavy atom. The van der Waals surface area contributed by atoms with Gasteiger partial charge in [-0.2, -0.15) is 8.42 Å². The van der Waals surface area contributed by atoms with E-state index < -0.39 is 25.6 Å². The van der Waals surface area contributed by atoms with Crippen molar-refractivity contribution in [3.8, 4) is 0 Å². The van der Waals surface area contributed by atoms with Crippen molar-refractivity contribution in [3.63, 3.8) is 0 Å². The molecule has 0 aromatic carbocycles. The number of halogens is 4. The molecule has 1 N–H and O–H groups in total. The van der Waals surface area contributed by atoms with Gasteiger partial charge in [-0.3, -0.25) is 4.55 Å². The summed E-state index contributed by atoms with van der Waals surface area (Å²) in [5.41, 5.74) is 1.29. The summed E-state index contributed by atoms with van der Waals surface area (Å²) in [6.45, 7) is 5.56. The molecule has 9 heteroatoms. The first-order valence-corrected chi connectivity index (χ1v) is 10.6. The summed E-state index contributed by atoms with van der Waals surface area (Å²) >= 11 is 25.7. The quantitative estimate of drug-likeness (QED) is 0.306. The van der Waals surface area contributed by atoms with Crippen LogP contribution >= 0.6 is 57.7 Å². The van der Waals surface area contributed by atoms with Gasteiger partial charge < -0.3 is 0 Å². The second-order valence-electron chi connectivity index (χ2n) is 5.72. The number of rotatable bonds is 7. The molecule has 0 amide bonds. The Morgan fingerprint density at radius 1 is 1.43 bits per heavy atom. The van der Waals surface area contributed by atoms with E-state index in [1.54, 1.807) is 6.92 Å². The summed E-state index contributed by atoms with van der Waals surface area (Å²) in [6.07, 6.45) is 3.07. The fourth-order valence-corrected chi connectivity index (χ4v) is 5.86. The Bertz CT molecular complexity index is 676. The lowest BCUT2D eigenvalue weighted by Crippen LogP contribution is -2.37. The lowest BCUT2D eigenvalue weighted by molar-refractivity contribution is 0.446. The molecule has 0 saturated carbocycles. The zero-order valence-corrected chi connectivity index (χ0v) is 17.5. The maximum Gasteiger partial charge on any atom is 0.273 e. The van der Waals surface area contributed by atoms with Crippen molar-refractivity contribution < 1.29 is 13.0 Å². The smallest absolute Gasteiger partial charge is 0.273 e. The van der Waals surface area contributed by atoms with Gasteiger partial charge in [0.25, 0.3) is 10.1 Å². The first-order chi connectivity index (χ1) is 10.4. The molecule has 0 spiro atoms. The molecule has 0 unspecified atom stereocenters. The Kier molecular flexibility index (Phi) is 7.74. The van der Waals surface area contributed by atoms with Crippen LogP contribution in [0.3, 0.4) is 0 Å². The van der Waals surface area contributed by atoms with E-state index in [-0.39, 0.29) is 9.90 Å². The average molecular weight is 440 g/mol. The van der Waals surface area contributed by atoms with Crippen LogP contribution in [0.25, 0.3) is 0 Å². The SMILES string of the molecule is CC(C)=CCC[C@](C)(Cl)[C@H](Cl)[C@@H](c1cc(Cl)sc1Cl)S(=O)(=O)O. The molecule has 1 aromatic heterocycles. The molecule has 3 nitrogen and oxygen atoms in total. The van der Waals surface area contributed by atoms with Crippen LogP contribution in [-0.4, -0.2) is 23.2 Å². The van der Waals surface area contributed by atoms with Gasteiger partial charge in [0.05, 0.1) is 18.9 Å². The van der Waals surface area contributed by atoms with Gasteiger partial charge in [-0.1, -0.05) is 34.9 Å². The van der Waals surface area contributed by atoms with E-state index in [0.717, 1.165) is 16.9 Å². The second kappa shape index (κ2) is 8.26. The van der Waals surface area contributed by atoms with E-state index in [2.05, 4.69) is 0 Å². The average Bonchev–Trinajstić information content (AvgIpc) is 2.65. The van der Waals surface area contributed by atoms with Crippen LogP contribution in [0.5, 0.6) is 0 Å². The zero-order valence-electron chi connectivity index (χ0n) is 12.8. The molecule has 0 fully saturated rings. The van der Waals surface area contributed by atoms with E-state index in [1.807, 2.05) is 19.9 Å². The van der Waals surface area contributed by atoms with Crippen LogP contribution in [0, 0.1) is 0 Å². The number of hydrogen-bond donors (Lipinski definition) is 1. The highest BCUT2D eigenvalue weighted by Gasteiger charge is 2.44. The fraction of sp³-hybridized carbons (Fsp3) is 0.571. The molecule has 0 bridgehead atoms. The van der Waals surface area contributed by atoms with E-state index in [4.69, 9.17) is 46.4 Å². The highest BCUT2D eigenvalue weighted by Crippen LogP contribution is 2.46. The maximum absolute atomic E-state index is 11.9. The Labute approximate surface area is 161 Å². The summed E-state index contributed by atoms with van der Waals surface area (Å²) in [7, 11) is -4.52. The largest absolute Gasteiger partial charge is 0.285 e. The molecule has 0 saturated heterocycles. The minimum absolute atomic E-state index is 0.165. The van der Waals surface area contributed by atoms with Gasteiger partial charge in [0.1, 0.15) is 5.25 Å². The molecule has 0 radical (unpaired) electrons. The van der Waals surface area contributed by atoms with Crippen molar-refractivity contribution in [1.82, 2.24) is 0 Å². The summed E-state index contributed by atoms with van der Waals surface area (Å²) < 4.78 is 33.8. The molecular weight excluding hydrogens is 422 g/mol. The Morgan fingerprint density at radius 2 is 2.00 bits per heavy atom. The van der Waals surface area contributed by atoms with Crippen LogP contribution in [0.4, 0.5) is 0 Å². The van der Waals surface area contributed by atoms with Gasteiger partial charge in [0.15, 0.2) is 0 Å². The summed E-state index contributed by atoms with van der Waals surface area (Å²) in [5, 5.41) is -2.54. The molecule has 132 valence electrons. The molecule has 0 aliphatic carbocycles. The summed E-state index contributed by atoms with van der Waals surface area (Å²) in [5.74, 6) is 0. The lowest BCUT2D eigenvalue weighted by Gasteiger charge is -2.32. The molecule has 0 aliphatic heterocycles. The van der Waals surface area contributed by atoms with Crippen LogP contribution in [0.2, 0.25) is 8.67 Å². The predicted octanol–water partition coefficient (Wildman–Crippen LogP) is 6.34.